The molecule has 0 aromatic heterocycles. The van der Waals surface area contributed by atoms with Crippen molar-refractivity contribution in [2.45, 2.75) is 70.6 Å². The van der Waals surface area contributed by atoms with Crippen LogP contribution in [0.15, 0.2) is 24.3 Å². The van der Waals surface area contributed by atoms with E-state index in [1.54, 1.807) is 0 Å². The third-order valence-corrected chi connectivity index (χ3v) is 5.66. The molecule has 3 atom stereocenters. The van der Waals surface area contributed by atoms with Gasteiger partial charge in [0.25, 0.3) is 0 Å². The first-order chi connectivity index (χ1) is 11.6. The van der Waals surface area contributed by atoms with Crippen LogP contribution in [0.25, 0.3) is 0 Å². The number of carbonyl (C=O) groups is 1. The lowest BCUT2D eigenvalue weighted by molar-refractivity contribution is -0.125. The molecular weight excluding hydrogens is 369 g/mol. The Morgan fingerprint density at radius 1 is 1.12 bits per heavy atom. The van der Waals surface area contributed by atoms with Crippen molar-refractivity contribution in [3.63, 3.8) is 0 Å². The highest BCUT2D eigenvalue weighted by Crippen LogP contribution is 2.24. The lowest BCUT2D eigenvalue weighted by Gasteiger charge is -2.33. The SMILES string of the molecule is CC1CCCCN1Cc1ccc(CNC(=O)C2CCC(N)C2)cc1.Cl.Cl. The Balaban J connectivity index is 0.00000169. The van der Waals surface area contributed by atoms with Crippen molar-refractivity contribution in [1.82, 2.24) is 10.2 Å². The van der Waals surface area contributed by atoms with Crippen molar-refractivity contribution in [1.29, 1.82) is 0 Å². The number of rotatable bonds is 5. The number of nitrogens with zero attached hydrogens (tertiary/aromatic N) is 1. The highest BCUT2D eigenvalue weighted by molar-refractivity contribution is 5.85. The molecule has 1 amide bonds. The third-order valence-electron chi connectivity index (χ3n) is 5.66. The van der Waals surface area contributed by atoms with Crippen LogP contribution < -0.4 is 11.1 Å². The first-order valence-corrected chi connectivity index (χ1v) is 9.47. The standard InChI is InChI=1S/C20H31N3O.2ClH/c1-15-4-2-3-11-23(15)14-17-7-5-16(6-8-17)13-22-20(24)18-9-10-19(21)12-18;;/h5-8,15,18-19H,2-4,9-14,21H2,1H3,(H,22,24);2*1H. The van der Waals surface area contributed by atoms with E-state index in [-0.39, 0.29) is 42.7 Å². The first-order valence-electron chi connectivity index (χ1n) is 9.47. The van der Waals surface area contributed by atoms with Gasteiger partial charge in [-0.1, -0.05) is 30.7 Å². The molecule has 6 heteroatoms. The Morgan fingerprint density at radius 2 is 1.81 bits per heavy atom. The summed E-state index contributed by atoms with van der Waals surface area (Å²) in [5.74, 6) is 0.272. The summed E-state index contributed by atoms with van der Waals surface area (Å²) in [6.45, 7) is 5.19. The minimum absolute atomic E-state index is 0. The van der Waals surface area contributed by atoms with E-state index in [0.29, 0.717) is 12.6 Å². The van der Waals surface area contributed by atoms with E-state index in [1.165, 1.54) is 36.9 Å². The Bertz CT molecular complexity index is 552. The number of halogens is 2. The zero-order chi connectivity index (χ0) is 16.9. The summed E-state index contributed by atoms with van der Waals surface area (Å²) >= 11 is 0. The van der Waals surface area contributed by atoms with Gasteiger partial charge in [0, 0.05) is 31.1 Å². The number of benzene rings is 1. The van der Waals surface area contributed by atoms with Crippen molar-refractivity contribution in [2.24, 2.45) is 11.7 Å². The lowest BCUT2D eigenvalue weighted by Crippen LogP contribution is -2.36. The van der Waals surface area contributed by atoms with Crippen LogP contribution in [0.4, 0.5) is 0 Å². The van der Waals surface area contributed by atoms with Gasteiger partial charge < -0.3 is 11.1 Å². The molecule has 4 nitrogen and oxygen atoms in total. The van der Waals surface area contributed by atoms with Crippen molar-refractivity contribution in [3.8, 4) is 0 Å². The largest absolute Gasteiger partial charge is 0.352 e. The number of piperidine rings is 1. The molecule has 0 bridgehead atoms. The fourth-order valence-electron chi connectivity index (χ4n) is 3.98. The zero-order valence-electron chi connectivity index (χ0n) is 15.7. The van der Waals surface area contributed by atoms with E-state index in [9.17, 15) is 4.79 Å². The van der Waals surface area contributed by atoms with Gasteiger partial charge in [-0.2, -0.15) is 0 Å². The molecule has 1 saturated carbocycles. The third kappa shape index (κ3) is 6.41. The minimum Gasteiger partial charge on any atom is -0.352 e. The van der Waals surface area contributed by atoms with Gasteiger partial charge in [-0.05, 0) is 56.7 Å². The predicted octanol–water partition coefficient (Wildman–Crippen LogP) is 3.65. The molecule has 1 aliphatic carbocycles. The molecule has 148 valence electrons. The van der Waals surface area contributed by atoms with Crippen molar-refractivity contribution in [3.05, 3.63) is 35.4 Å². The van der Waals surface area contributed by atoms with Crippen molar-refractivity contribution >= 4 is 30.7 Å². The Morgan fingerprint density at radius 3 is 2.42 bits per heavy atom. The van der Waals surface area contributed by atoms with E-state index in [1.807, 2.05) is 0 Å². The summed E-state index contributed by atoms with van der Waals surface area (Å²) in [7, 11) is 0. The van der Waals surface area contributed by atoms with Gasteiger partial charge in [0.15, 0.2) is 0 Å². The molecule has 0 spiro atoms. The van der Waals surface area contributed by atoms with Gasteiger partial charge in [-0.25, -0.2) is 0 Å². The average Bonchev–Trinajstić information content (AvgIpc) is 3.03. The summed E-state index contributed by atoms with van der Waals surface area (Å²) in [4.78, 5) is 14.7. The van der Waals surface area contributed by atoms with Gasteiger partial charge in [0.1, 0.15) is 0 Å². The van der Waals surface area contributed by atoms with Gasteiger partial charge in [-0.15, -0.1) is 24.8 Å². The van der Waals surface area contributed by atoms with E-state index < -0.39 is 0 Å². The number of likely N-dealkylation sites (tertiary alicyclic amines) is 1. The number of hydrogen-bond donors (Lipinski definition) is 2. The molecule has 2 aliphatic rings. The van der Waals surface area contributed by atoms with E-state index >= 15 is 0 Å². The maximum absolute atomic E-state index is 12.2. The van der Waals surface area contributed by atoms with Crippen LogP contribution in [0.3, 0.4) is 0 Å². The maximum atomic E-state index is 12.2. The molecule has 1 aliphatic heterocycles. The molecular formula is C20H33Cl2N3O. The average molecular weight is 402 g/mol. The molecule has 1 heterocycles. The monoisotopic (exact) mass is 401 g/mol. The zero-order valence-corrected chi connectivity index (χ0v) is 17.3. The second-order valence-electron chi connectivity index (χ2n) is 7.62. The molecule has 26 heavy (non-hydrogen) atoms. The fraction of sp³-hybridized carbons (Fsp3) is 0.650. The van der Waals surface area contributed by atoms with Crippen LogP contribution in [0.1, 0.15) is 56.6 Å². The summed E-state index contributed by atoms with van der Waals surface area (Å²) in [5, 5.41) is 3.06. The molecule has 1 saturated heterocycles. The normalized spacial score (nSPS) is 25.8. The fourth-order valence-corrected chi connectivity index (χ4v) is 3.98. The number of carbonyl (C=O) groups excluding carboxylic acids is 1. The number of hydrogen-bond acceptors (Lipinski definition) is 3. The predicted molar refractivity (Wildman–Crippen MR) is 112 cm³/mol. The Labute approximate surface area is 170 Å². The van der Waals surface area contributed by atoms with Crippen LogP contribution in [0, 0.1) is 5.92 Å². The van der Waals surface area contributed by atoms with Crippen LogP contribution in [0.5, 0.6) is 0 Å². The molecule has 3 unspecified atom stereocenters. The van der Waals surface area contributed by atoms with E-state index in [0.717, 1.165) is 25.8 Å². The smallest absolute Gasteiger partial charge is 0.223 e. The van der Waals surface area contributed by atoms with Crippen molar-refractivity contribution < 1.29 is 4.79 Å². The highest BCUT2D eigenvalue weighted by atomic mass is 35.5. The number of nitrogens with one attached hydrogen (secondary N) is 1. The quantitative estimate of drug-likeness (QED) is 0.791. The second kappa shape index (κ2) is 11.1. The number of nitrogens with two attached hydrogens (primary N) is 1. The molecule has 3 N–H and O–H groups in total. The van der Waals surface area contributed by atoms with E-state index in [4.69, 9.17) is 5.73 Å². The molecule has 3 rings (SSSR count). The molecule has 1 aromatic rings. The summed E-state index contributed by atoms with van der Waals surface area (Å²) in [6, 6.07) is 9.59. The highest BCUT2D eigenvalue weighted by Gasteiger charge is 2.27. The van der Waals surface area contributed by atoms with Crippen LogP contribution in [-0.4, -0.2) is 29.4 Å². The van der Waals surface area contributed by atoms with Crippen LogP contribution in [0.2, 0.25) is 0 Å². The Hall–Kier alpha value is -0.810. The molecule has 2 fully saturated rings. The first kappa shape index (κ1) is 23.2. The van der Waals surface area contributed by atoms with E-state index in [2.05, 4.69) is 41.4 Å². The summed E-state index contributed by atoms with van der Waals surface area (Å²) in [6.07, 6.45) is 6.73. The maximum Gasteiger partial charge on any atom is 0.223 e. The van der Waals surface area contributed by atoms with Crippen LogP contribution >= 0.6 is 24.8 Å². The van der Waals surface area contributed by atoms with Gasteiger partial charge in [0.2, 0.25) is 5.91 Å². The second-order valence-corrected chi connectivity index (χ2v) is 7.62. The summed E-state index contributed by atoms with van der Waals surface area (Å²) in [5.41, 5.74) is 8.42. The molecule has 0 radical (unpaired) electrons. The van der Waals surface area contributed by atoms with Gasteiger partial charge >= 0.3 is 0 Å². The van der Waals surface area contributed by atoms with Crippen LogP contribution in [-0.2, 0) is 17.9 Å². The lowest BCUT2D eigenvalue weighted by atomic mass is 10.0. The minimum atomic E-state index is 0. The summed E-state index contributed by atoms with van der Waals surface area (Å²) < 4.78 is 0. The molecule has 1 aromatic carbocycles. The topological polar surface area (TPSA) is 58.4 Å². The van der Waals surface area contributed by atoms with Crippen molar-refractivity contribution in [2.75, 3.05) is 6.54 Å². The van der Waals surface area contributed by atoms with Gasteiger partial charge in [0.05, 0.1) is 0 Å². The Kier molecular flexibility index (Phi) is 9.94. The number of amides is 1. The van der Waals surface area contributed by atoms with Gasteiger partial charge in [-0.3, -0.25) is 9.69 Å².